The summed E-state index contributed by atoms with van der Waals surface area (Å²) in [6.07, 6.45) is 3.66. The van der Waals surface area contributed by atoms with Gasteiger partial charge in [0.05, 0.1) is 12.6 Å². The van der Waals surface area contributed by atoms with Gasteiger partial charge in [0.1, 0.15) is 5.82 Å². The number of nitrogens with one attached hydrogen (secondary N) is 1. The summed E-state index contributed by atoms with van der Waals surface area (Å²) >= 11 is 0. The zero-order valence-corrected chi connectivity index (χ0v) is 17.3. The monoisotopic (exact) mass is 420 g/mol. The van der Waals surface area contributed by atoms with Gasteiger partial charge in [-0.15, -0.1) is 0 Å². The van der Waals surface area contributed by atoms with Gasteiger partial charge in [-0.25, -0.2) is 4.39 Å². The Balaban J connectivity index is 1.12. The van der Waals surface area contributed by atoms with Crippen LogP contribution in [0.15, 0.2) is 53.1 Å². The van der Waals surface area contributed by atoms with E-state index in [4.69, 9.17) is 4.52 Å². The molecule has 0 radical (unpaired) electrons. The van der Waals surface area contributed by atoms with Crippen molar-refractivity contribution in [3.8, 4) is 11.5 Å². The number of aryl methyl sites for hydroxylation is 1. The first kappa shape index (κ1) is 19.9. The number of hydrogen-bond donors (Lipinski definition) is 1. The van der Waals surface area contributed by atoms with Gasteiger partial charge in [-0.1, -0.05) is 29.4 Å². The first-order valence-electron chi connectivity index (χ1n) is 10.8. The number of carbonyl (C=O) groups excluding carboxylic acids is 1. The molecule has 2 heterocycles. The SMILES string of the molecule is O=C(N[C@H]1CCc2ccccc21)C1CCN(Cc2noc(-c3ccc(F)cc3)n2)CC1. The highest BCUT2D eigenvalue weighted by Gasteiger charge is 2.29. The Labute approximate surface area is 180 Å². The standard InChI is InChI=1S/C24H25FN4O2/c25-19-8-5-18(6-9-19)24-27-22(28-31-24)15-29-13-11-17(12-14-29)23(30)26-21-10-7-16-3-1-2-4-20(16)21/h1-6,8-9,17,21H,7,10-15H2,(H,26,30)/t21-/m0/s1. The zero-order chi connectivity index (χ0) is 21.2. The van der Waals surface area contributed by atoms with E-state index in [0.29, 0.717) is 23.8 Å². The molecule has 2 aromatic carbocycles. The van der Waals surface area contributed by atoms with E-state index in [1.165, 1.54) is 23.3 Å². The van der Waals surface area contributed by atoms with Gasteiger partial charge in [-0.2, -0.15) is 4.98 Å². The first-order chi connectivity index (χ1) is 15.2. The third-order valence-electron chi connectivity index (χ3n) is 6.33. The Hall–Kier alpha value is -3.06. The van der Waals surface area contributed by atoms with Gasteiger partial charge in [-0.3, -0.25) is 9.69 Å². The van der Waals surface area contributed by atoms with E-state index < -0.39 is 0 Å². The third-order valence-corrected chi connectivity index (χ3v) is 6.33. The molecule has 1 aliphatic heterocycles. The Morgan fingerprint density at radius 2 is 1.87 bits per heavy atom. The molecule has 1 amide bonds. The van der Waals surface area contributed by atoms with Crippen molar-refractivity contribution in [1.29, 1.82) is 0 Å². The van der Waals surface area contributed by atoms with Gasteiger partial charge >= 0.3 is 0 Å². The van der Waals surface area contributed by atoms with E-state index in [1.807, 2.05) is 6.07 Å². The average molecular weight is 420 g/mol. The molecule has 2 aliphatic rings. The lowest BCUT2D eigenvalue weighted by molar-refractivity contribution is -0.127. The minimum absolute atomic E-state index is 0.0454. The van der Waals surface area contributed by atoms with Crippen LogP contribution in [0.2, 0.25) is 0 Å². The van der Waals surface area contributed by atoms with Crippen LogP contribution in [0.3, 0.4) is 0 Å². The second kappa shape index (κ2) is 8.59. The molecule has 0 bridgehead atoms. The number of amides is 1. The second-order valence-electron chi connectivity index (χ2n) is 8.37. The molecule has 7 heteroatoms. The molecule has 1 saturated heterocycles. The maximum absolute atomic E-state index is 13.1. The highest BCUT2D eigenvalue weighted by Crippen LogP contribution is 2.31. The predicted molar refractivity (Wildman–Crippen MR) is 113 cm³/mol. The Morgan fingerprint density at radius 3 is 2.68 bits per heavy atom. The normalized spacial score (nSPS) is 19.3. The van der Waals surface area contributed by atoms with Crippen LogP contribution in [-0.4, -0.2) is 34.0 Å². The van der Waals surface area contributed by atoms with Crippen molar-refractivity contribution in [3.05, 3.63) is 71.3 Å². The van der Waals surface area contributed by atoms with Crippen LogP contribution in [0.1, 0.15) is 42.3 Å². The largest absolute Gasteiger partial charge is 0.349 e. The second-order valence-corrected chi connectivity index (χ2v) is 8.37. The van der Waals surface area contributed by atoms with Crippen molar-refractivity contribution >= 4 is 5.91 Å². The van der Waals surface area contributed by atoms with Crippen molar-refractivity contribution in [2.45, 2.75) is 38.3 Å². The Bertz CT molecular complexity index is 1060. The molecule has 5 rings (SSSR count). The molecule has 6 nitrogen and oxygen atoms in total. The van der Waals surface area contributed by atoms with Crippen molar-refractivity contribution < 1.29 is 13.7 Å². The molecular formula is C24H25FN4O2. The van der Waals surface area contributed by atoms with Gasteiger partial charge in [0.15, 0.2) is 5.82 Å². The summed E-state index contributed by atoms with van der Waals surface area (Å²) < 4.78 is 18.4. The number of hydrogen-bond acceptors (Lipinski definition) is 5. The van der Waals surface area contributed by atoms with E-state index in [2.05, 4.69) is 38.6 Å². The quantitative estimate of drug-likeness (QED) is 0.678. The maximum Gasteiger partial charge on any atom is 0.257 e. The third kappa shape index (κ3) is 4.37. The number of piperidine rings is 1. The summed E-state index contributed by atoms with van der Waals surface area (Å²) in [6, 6.07) is 14.5. The Morgan fingerprint density at radius 1 is 1.10 bits per heavy atom. The highest BCUT2D eigenvalue weighted by atomic mass is 19.1. The van der Waals surface area contributed by atoms with Crippen LogP contribution in [0.4, 0.5) is 4.39 Å². The number of nitrogens with zero attached hydrogens (tertiary/aromatic N) is 3. The lowest BCUT2D eigenvalue weighted by Crippen LogP contribution is -2.41. The summed E-state index contributed by atoms with van der Waals surface area (Å²) in [5.41, 5.74) is 3.31. The lowest BCUT2D eigenvalue weighted by Gasteiger charge is -2.31. The molecule has 31 heavy (non-hydrogen) atoms. The molecule has 160 valence electrons. The molecule has 1 aliphatic carbocycles. The molecule has 3 aromatic rings. The molecule has 0 spiro atoms. The number of carbonyl (C=O) groups is 1. The van der Waals surface area contributed by atoms with Crippen LogP contribution in [0.25, 0.3) is 11.5 Å². The number of aromatic nitrogens is 2. The van der Waals surface area contributed by atoms with E-state index in [-0.39, 0.29) is 23.7 Å². The van der Waals surface area contributed by atoms with Gasteiger partial charge in [-0.05, 0) is 74.2 Å². The Kier molecular flexibility index (Phi) is 5.51. The molecule has 1 N–H and O–H groups in total. The number of benzene rings is 2. The van der Waals surface area contributed by atoms with Crippen LogP contribution in [-0.2, 0) is 17.8 Å². The molecule has 1 atom stereocenters. The smallest absolute Gasteiger partial charge is 0.257 e. The average Bonchev–Trinajstić information content (AvgIpc) is 3.42. The van der Waals surface area contributed by atoms with Crippen molar-refractivity contribution in [2.24, 2.45) is 5.92 Å². The van der Waals surface area contributed by atoms with Crippen molar-refractivity contribution in [2.75, 3.05) is 13.1 Å². The van der Waals surface area contributed by atoms with Crippen LogP contribution in [0, 0.1) is 11.7 Å². The van der Waals surface area contributed by atoms with E-state index in [9.17, 15) is 9.18 Å². The number of halogens is 1. The summed E-state index contributed by atoms with van der Waals surface area (Å²) in [6.45, 7) is 2.22. The van der Waals surface area contributed by atoms with Crippen LogP contribution >= 0.6 is 0 Å². The van der Waals surface area contributed by atoms with Gasteiger partial charge < -0.3 is 9.84 Å². The van der Waals surface area contributed by atoms with Gasteiger partial charge in [0.25, 0.3) is 5.89 Å². The van der Waals surface area contributed by atoms with Gasteiger partial charge in [0, 0.05) is 11.5 Å². The number of fused-ring (bicyclic) bond motifs is 1. The van der Waals surface area contributed by atoms with E-state index in [0.717, 1.165) is 38.8 Å². The zero-order valence-electron chi connectivity index (χ0n) is 17.3. The fraction of sp³-hybridized carbons (Fsp3) is 0.375. The summed E-state index contributed by atoms with van der Waals surface area (Å²) in [5.74, 6) is 0.905. The highest BCUT2D eigenvalue weighted by molar-refractivity contribution is 5.79. The predicted octanol–water partition coefficient (Wildman–Crippen LogP) is 3.89. The van der Waals surface area contributed by atoms with Crippen molar-refractivity contribution in [3.63, 3.8) is 0 Å². The van der Waals surface area contributed by atoms with E-state index >= 15 is 0 Å². The lowest BCUT2D eigenvalue weighted by atomic mass is 9.95. The topological polar surface area (TPSA) is 71.3 Å². The maximum atomic E-state index is 13.1. The fourth-order valence-electron chi connectivity index (χ4n) is 4.58. The minimum Gasteiger partial charge on any atom is -0.349 e. The fourth-order valence-corrected chi connectivity index (χ4v) is 4.58. The van der Waals surface area contributed by atoms with Crippen LogP contribution < -0.4 is 5.32 Å². The molecular weight excluding hydrogens is 395 g/mol. The minimum atomic E-state index is -0.299. The molecule has 0 unspecified atom stereocenters. The summed E-state index contributed by atoms with van der Waals surface area (Å²) in [7, 11) is 0. The summed E-state index contributed by atoms with van der Waals surface area (Å²) in [4.78, 5) is 19.5. The van der Waals surface area contributed by atoms with E-state index in [1.54, 1.807) is 12.1 Å². The number of rotatable bonds is 5. The molecule has 1 fully saturated rings. The summed E-state index contributed by atoms with van der Waals surface area (Å²) in [5, 5.41) is 7.32. The first-order valence-corrected chi connectivity index (χ1v) is 10.8. The molecule has 0 saturated carbocycles. The van der Waals surface area contributed by atoms with Crippen molar-refractivity contribution in [1.82, 2.24) is 20.4 Å². The number of likely N-dealkylation sites (tertiary alicyclic amines) is 1. The molecule has 1 aromatic heterocycles. The van der Waals surface area contributed by atoms with Gasteiger partial charge in [0.2, 0.25) is 5.91 Å². The van der Waals surface area contributed by atoms with Crippen LogP contribution in [0.5, 0.6) is 0 Å².